The van der Waals surface area contributed by atoms with Crippen LogP contribution < -0.4 is 5.32 Å². The van der Waals surface area contributed by atoms with Crippen molar-refractivity contribution in [3.63, 3.8) is 0 Å². The van der Waals surface area contributed by atoms with Gasteiger partial charge in [-0.15, -0.1) is 0 Å². The summed E-state index contributed by atoms with van der Waals surface area (Å²) in [5, 5.41) is 12.1. The number of ether oxygens (including phenoxy) is 1. The van der Waals surface area contributed by atoms with E-state index < -0.39 is 5.60 Å². The quantitative estimate of drug-likeness (QED) is 0.514. The van der Waals surface area contributed by atoms with E-state index in [2.05, 4.69) is 20.2 Å². The summed E-state index contributed by atoms with van der Waals surface area (Å²) in [7, 11) is 1.86. The molecule has 2 aromatic heterocycles. The highest BCUT2D eigenvalue weighted by molar-refractivity contribution is 6.02. The van der Waals surface area contributed by atoms with Crippen LogP contribution in [0.5, 0.6) is 0 Å². The smallest absolute Gasteiger partial charge is 0.410 e. The van der Waals surface area contributed by atoms with Crippen molar-refractivity contribution < 1.29 is 9.53 Å². The SMILES string of the molecule is CNc1[nH]c(-c2ccnc(C)c2)cc1C(=N)N1CC2CCC(C1)N2C(=O)OC(C)(C)C. The number of nitrogens with zero attached hydrogens (tertiary/aromatic N) is 3. The van der Waals surface area contributed by atoms with Crippen LogP contribution in [0.15, 0.2) is 24.4 Å². The molecule has 0 radical (unpaired) electrons. The molecule has 2 aromatic rings. The number of piperazine rings is 1. The molecule has 2 bridgehead atoms. The number of hydrogen-bond donors (Lipinski definition) is 3. The minimum absolute atomic E-state index is 0.0771. The molecule has 2 aliphatic rings. The van der Waals surface area contributed by atoms with E-state index in [0.717, 1.165) is 41.2 Å². The molecular formula is C23H32N6O2. The number of hydrogen-bond acceptors (Lipinski definition) is 5. The van der Waals surface area contributed by atoms with Gasteiger partial charge >= 0.3 is 6.09 Å². The lowest BCUT2D eigenvalue weighted by Gasteiger charge is -2.42. The van der Waals surface area contributed by atoms with Crippen LogP contribution in [-0.2, 0) is 4.74 Å². The molecule has 31 heavy (non-hydrogen) atoms. The Morgan fingerprint density at radius 2 is 1.94 bits per heavy atom. The summed E-state index contributed by atoms with van der Waals surface area (Å²) in [5.74, 6) is 1.29. The molecule has 166 valence electrons. The number of likely N-dealkylation sites (tertiary alicyclic amines) is 1. The highest BCUT2D eigenvalue weighted by Gasteiger charge is 2.45. The molecule has 0 saturated carbocycles. The molecule has 4 heterocycles. The fourth-order valence-electron chi connectivity index (χ4n) is 4.58. The summed E-state index contributed by atoms with van der Waals surface area (Å²) in [6, 6.07) is 6.16. The van der Waals surface area contributed by atoms with E-state index in [9.17, 15) is 4.79 Å². The second-order valence-corrected chi connectivity index (χ2v) is 9.43. The van der Waals surface area contributed by atoms with Crippen LogP contribution in [-0.4, -0.2) is 69.5 Å². The number of aromatic amines is 1. The average molecular weight is 425 g/mol. The second kappa shape index (κ2) is 7.90. The van der Waals surface area contributed by atoms with E-state index in [0.29, 0.717) is 18.9 Å². The minimum Gasteiger partial charge on any atom is -0.444 e. The second-order valence-electron chi connectivity index (χ2n) is 9.43. The molecule has 2 unspecified atom stereocenters. The topological polar surface area (TPSA) is 97.3 Å². The first-order valence-corrected chi connectivity index (χ1v) is 10.8. The van der Waals surface area contributed by atoms with Crippen molar-refractivity contribution in [1.82, 2.24) is 19.8 Å². The minimum atomic E-state index is -0.505. The average Bonchev–Trinajstić information content (AvgIpc) is 3.25. The zero-order chi connectivity index (χ0) is 22.3. The summed E-state index contributed by atoms with van der Waals surface area (Å²) >= 11 is 0. The lowest BCUT2D eigenvalue weighted by Crippen LogP contribution is -2.57. The maximum Gasteiger partial charge on any atom is 0.410 e. The summed E-state index contributed by atoms with van der Waals surface area (Å²) in [6.45, 7) is 8.94. The Balaban J connectivity index is 1.53. The number of aromatic nitrogens is 2. The van der Waals surface area contributed by atoms with E-state index >= 15 is 0 Å². The first-order valence-electron chi connectivity index (χ1n) is 10.8. The molecule has 1 amide bonds. The molecule has 0 spiro atoms. The number of aryl methyl sites for hydroxylation is 1. The number of nitrogens with one attached hydrogen (secondary N) is 3. The normalized spacial score (nSPS) is 20.7. The molecular weight excluding hydrogens is 392 g/mol. The third kappa shape index (κ3) is 4.24. The van der Waals surface area contributed by atoms with Crippen LogP contribution in [0.25, 0.3) is 11.3 Å². The molecule has 3 N–H and O–H groups in total. The first kappa shape index (κ1) is 21.2. The van der Waals surface area contributed by atoms with E-state index in [1.54, 1.807) is 6.20 Å². The fourth-order valence-corrected chi connectivity index (χ4v) is 4.58. The number of carbonyl (C=O) groups excluding carboxylic acids is 1. The van der Waals surface area contributed by atoms with Gasteiger partial charge in [0.2, 0.25) is 0 Å². The number of carbonyl (C=O) groups is 1. The van der Waals surface area contributed by atoms with Crippen molar-refractivity contribution >= 4 is 17.7 Å². The number of amidine groups is 1. The standard InChI is InChI=1S/C23H32N6O2/c1-14-10-15(8-9-26-14)19-11-18(21(25-5)27-19)20(24)28-12-16-6-7-17(13-28)29(16)22(30)31-23(2,3)4/h8-11,16-17,24-25,27H,6-7,12-13H2,1-5H3. The van der Waals surface area contributed by atoms with Gasteiger partial charge in [-0.05, 0) is 58.7 Å². The molecule has 2 fully saturated rings. The van der Waals surface area contributed by atoms with Crippen molar-refractivity contribution in [3.8, 4) is 11.3 Å². The van der Waals surface area contributed by atoms with Crippen molar-refractivity contribution in [3.05, 3.63) is 35.7 Å². The molecule has 2 aliphatic heterocycles. The number of H-pyrrole nitrogens is 1. The highest BCUT2D eigenvalue weighted by Crippen LogP contribution is 2.34. The van der Waals surface area contributed by atoms with Gasteiger partial charge in [0.25, 0.3) is 0 Å². The van der Waals surface area contributed by atoms with Crippen molar-refractivity contribution in [2.24, 2.45) is 0 Å². The molecule has 2 saturated heterocycles. The Morgan fingerprint density at radius 3 is 2.52 bits per heavy atom. The van der Waals surface area contributed by atoms with Crippen LogP contribution in [0, 0.1) is 12.3 Å². The van der Waals surface area contributed by atoms with Crippen molar-refractivity contribution in [1.29, 1.82) is 5.41 Å². The number of fused-ring (bicyclic) bond motifs is 2. The van der Waals surface area contributed by atoms with Crippen LogP contribution in [0.1, 0.15) is 44.9 Å². The Bertz CT molecular complexity index is 978. The number of pyridine rings is 1. The molecule has 8 heteroatoms. The highest BCUT2D eigenvalue weighted by atomic mass is 16.6. The first-order chi connectivity index (χ1) is 14.7. The number of anilines is 1. The van der Waals surface area contributed by atoms with Gasteiger partial charge in [0.05, 0.1) is 17.6 Å². The molecule has 0 aromatic carbocycles. The van der Waals surface area contributed by atoms with Crippen LogP contribution in [0.2, 0.25) is 0 Å². The van der Waals surface area contributed by atoms with Gasteiger partial charge in [-0.1, -0.05) is 0 Å². The largest absolute Gasteiger partial charge is 0.444 e. The van der Waals surface area contributed by atoms with Crippen LogP contribution >= 0.6 is 0 Å². The van der Waals surface area contributed by atoms with Crippen molar-refractivity contribution in [2.45, 2.75) is 58.2 Å². The van der Waals surface area contributed by atoms with E-state index in [1.165, 1.54) is 0 Å². The Labute approximate surface area is 183 Å². The number of amides is 1. The predicted molar refractivity (Wildman–Crippen MR) is 122 cm³/mol. The third-order valence-electron chi connectivity index (χ3n) is 5.93. The number of rotatable bonds is 3. The monoisotopic (exact) mass is 424 g/mol. The lowest BCUT2D eigenvalue weighted by atomic mass is 10.1. The van der Waals surface area contributed by atoms with Gasteiger partial charge in [0.1, 0.15) is 17.3 Å². The van der Waals surface area contributed by atoms with E-state index in [-0.39, 0.29) is 18.2 Å². The maximum atomic E-state index is 12.7. The Morgan fingerprint density at radius 1 is 1.26 bits per heavy atom. The Hall–Kier alpha value is -3.03. The maximum absolute atomic E-state index is 12.7. The predicted octanol–water partition coefficient (Wildman–Crippen LogP) is 3.84. The molecule has 0 aliphatic carbocycles. The van der Waals surface area contributed by atoms with E-state index in [4.69, 9.17) is 10.1 Å². The molecule has 2 atom stereocenters. The fraction of sp³-hybridized carbons (Fsp3) is 0.522. The van der Waals surface area contributed by atoms with Crippen LogP contribution in [0.3, 0.4) is 0 Å². The van der Waals surface area contributed by atoms with Gasteiger partial charge in [-0.25, -0.2) is 4.79 Å². The van der Waals surface area contributed by atoms with Gasteiger partial charge in [0, 0.05) is 43.3 Å². The lowest BCUT2D eigenvalue weighted by molar-refractivity contribution is 0.00278. The van der Waals surface area contributed by atoms with Gasteiger partial charge in [0.15, 0.2) is 0 Å². The zero-order valence-corrected chi connectivity index (χ0v) is 19.0. The summed E-state index contributed by atoms with van der Waals surface area (Å²) in [6.07, 6.45) is 3.45. The van der Waals surface area contributed by atoms with Crippen molar-refractivity contribution in [2.75, 3.05) is 25.5 Å². The summed E-state index contributed by atoms with van der Waals surface area (Å²) < 4.78 is 5.63. The zero-order valence-electron chi connectivity index (χ0n) is 19.0. The summed E-state index contributed by atoms with van der Waals surface area (Å²) in [5.41, 5.74) is 3.26. The summed E-state index contributed by atoms with van der Waals surface area (Å²) in [4.78, 5) is 24.4. The Kier molecular flexibility index (Phi) is 5.41. The van der Waals surface area contributed by atoms with E-state index in [1.807, 2.05) is 57.8 Å². The van der Waals surface area contributed by atoms with Gasteiger partial charge in [-0.3, -0.25) is 15.3 Å². The molecule has 8 nitrogen and oxygen atoms in total. The molecule has 4 rings (SSSR count). The van der Waals surface area contributed by atoms with Gasteiger partial charge < -0.3 is 19.9 Å². The van der Waals surface area contributed by atoms with Crippen LogP contribution in [0.4, 0.5) is 10.6 Å². The van der Waals surface area contributed by atoms with Gasteiger partial charge in [-0.2, -0.15) is 0 Å². The third-order valence-corrected chi connectivity index (χ3v) is 5.93.